The van der Waals surface area contributed by atoms with E-state index in [-0.39, 0.29) is 12.3 Å². The normalized spacial score (nSPS) is 10.0. The molecule has 0 atom stereocenters. The maximum absolute atomic E-state index is 12.1. The van der Waals surface area contributed by atoms with E-state index < -0.39 is 5.91 Å². The second-order valence-corrected chi connectivity index (χ2v) is 5.79. The molecule has 0 bridgehead atoms. The van der Waals surface area contributed by atoms with Crippen molar-refractivity contribution in [2.45, 2.75) is 19.8 Å². The van der Waals surface area contributed by atoms with Crippen LogP contribution in [0.5, 0.6) is 17.2 Å². The number of benzene rings is 2. The van der Waals surface area contributed by atoms with E-state index in [1.807, 2.05) is 31.2 Å². The van der Waals surface area contributed by atoms with Crippen molar-refractivity contribution in [3.63, 3.8) is 0 Å². The monoisotopic (exact) mass is 372 g/mol. The fraction of sp³-hybridized carbons (Fsp3) is 0.300. The zero-order valence-corrected chi connectivity index (χ0v) is 15.7. The highest BCUT2D eigenvalue weighted by Crippen LogP contribution is 2.27. The smallest absolute Gasteiger partial charge is 0.269 e. The molecule has 7 heteroatoms. The van der Waals surface area contributed by atoms with Gasteiger partial charge in [-0.25, -0.2) is 0 Å². The minimum Gasteiger partial charge on any atom is -0.493 e. The average Bonchev–Trinajstić information content (AvgIpc) is 2.70. The van der Waals surface area contributed by atoms with E-state index in [0.29, 0.717) is 30.1 Å². The number of aryl methyl sites for hydroxylation is 1. The highest BCUT2D eigenvalue weighted by molar-refractivity contribution is 5.96. The minimum atomic E-state index is -0.444. The largest absolute Gasteiger partial charge is 0.493 e. The number of ether oxygens (including phenoxy) is 3. The summed E-state index contributed by atoms with van der Waals surface area (Å²) in [6, 6.07) is 12.4. The summed E-state index contributed by atoms with van der Waals surface area (Å²) in [5.74, 6) is 1.02. The first-order chi connectivity index (χ1) is 13.0. The van der Waals surface area contributed by atoms with Gasteiger partial charge in [-0.1, -0.05) is 18.2 Å². The molecule has 2 aromatic rings. The first-order valence-corrected chi connectivity index (χ1v) is 8.54. The SMILES string of the molecule is COc1ccc(C(=O)NNC(=O)CCCOc2ccccc2C)cc1OC. The second kappa shape index (κ2) is 10.1. The molecule has 0 aromatic heterocycles. The van der Waals surface area contributed by atoms with Crippen LogP contribution in [0.4, 0.5) is 0 Å². The van der Waals surface area contributed by atoms with E-state index >= 15 is 0 Å². The summed E-state index contributed by atoms with van der Waals surface area (Å²) < 4.78 is 15.9. The Labute approximate surface area is 158 Å². The van der Waals surface area contributed by atoms with Gasteiger partial charge in [0.05, 0.1) is 20.8 Å². The van der Waals surface area contributed by atoms with Gasteiger partial charge in [0.15, 0.2) is 11.5 Å². The Morgan fingerprint density at radius 3 is 2.37 bits per heavy atom. The predicted octanol–water partition coefficient (Wildman–Crippen LogP) is 2.63. The van der Waals surface area contributed by atoms with E-state index in [9.17, 15) is 9.59 Å². The van der Waals surface area contributed by atoms with Crippen molar-refractivity contribution < 1.29 is 23.8 Å². The van der Waals surface area contributed by atoms with Crippen LogP contribution < -0.4 is 25.1 Å². The molecule has 2 amide bonds. The maximum atomic E-state index is 12.1. The number of para-hydroxylation sites is 1. The first kappa shape index (κ1) is 20.1. The summed E-state index contributed by atoms with van der Waals surface area (Å²) in [5.41, 5.74) is 6.16. The van der Waals surface area contributed by atoms with Crippen molar-refractivity contribution in [1.82, 2.24) is 10.9 Å². The Morgan fingerprint density at radius 2 is 1.67 bits per heavy atom. The average molecular weight is 372 g/mol. The number of hydrogen-bond donors (Lipinski definition) is 2. The van der Waals surface area contributed by atoms with Crippen molar-refractivity contribution in [1.29, 1.82) is 0 Å². The van der Waals surface area contributed by atoms with Crippen molar-refractivity contribution in [2.75, 3.05) is 20.8 Å². The lowest BCUT2D eigenvalue weighted by Gasteiger charge is -2.11. The molecule has 0 unspecified atom stereocenters. The Balaban J connectivity index is 1.73. The number of hydrazine groups is 1. The molecule has 0 aliphatic heterocycles. The van der Waals surface area contributed by atoms with Crippen LogP contribution in [-0.2, 0) is 4.79 Å². The number of methoxy groups -OCH3 is 2. The molecule has 0 aliphatic rings. The number of hydrogen-bond acceptors (Lipinski definition) is 5. The molecule has 144 valence electrons. The second-order valence-electron chi connectivity index (χ2n) is 5.79. The molecule has 0 heterocycles. The van der Waals surface area contributed by atoms with Crippen LogP contribution in [0.3, 0.4) is 0 Å². The van der Waals surface area contributed by atoms with Gasteiger partial charge in [0.1, 0.15) is 5.75 Å². The topological polar surface area (TPSA) is 85.9 Å². The standard InChI is InChI=1S/C20H24N2O5/c1-14-7-4-5-8-16(14)27-12-6-9-19(23)21-22-20(24)15-10-11-17(25-2)18(13-15)26-3/h4-5,7-8,10-11,13H,6,9,12H2,1-3H3,(H,21,23)(H,22,24). The highest BCUT2D eigenvalue weighted by Gasteiger charge is 2.11. The number of carbonyl (C=O) groups is 2. The third kappa shape index (κ3) is 5.91. The van der Waals surface area contributed by atoms with Gasteiger partial charge in [-0.2, -0.15) is 0 Å². The van der Waals surface area contributed by atoms with Crippen molar-refractivity contribution >= 4 is 11.8 Å². The van der Waals surface area contributed by atoms with E-state index in [0.717, 1.165) is 11.3 Å². The van der Waals surface area contributed by atoms with Crippen LogP contribution in [0.2, 0.25) is 0 Å². The summed E-state index contributed by atoms with van der Waals surface area (Å²) in [7, 11) is 3.00. The van der Waals surface area contributed by atoms with Gasteiger partial charge in [0.2, 0.25) is 5.91 Å². The van der Waals surface area contributed by atoms with Crippen molar-refractivity contribution in [3.05, 3.63) is 53.6 Å². The van der Waals surface area contributed by atoms with Crippen LogP contribution in [0.1, 0.15) is 28.8 Å². The molecule has 0 spiro atoms. The fourth-order valence-corrected chi connectivity index (χ4v) is 2.37. The molecular weight excluding hydrogens is 348 g/mol. The molecule has 0 aliphatic carbocycles. The summed E-state index contributed by atoms with van der Waals surface area (Å²) >= 11 is 0. The Bertz CT molecular complexity index is 792. The van der Waals surface area contributed by atoms with Crippen LogP contribution in [0.25, 0.3) is 0 Å². The zero-order valence-electron chi connectivity index (χ0n) is 15.7. The Hall–Kier alpha value is -3.22. The summed E-state index contributed by atoms with van der Waals surface area (Å²) in [4.78, 5) is 24.0. The molecule has 0 radical (unpaired) electrons. The van der Waals surface area contributed by atoms with Crippen LogP contribution in [0.15, 0.2) is 42.5 Å². The Morgan fingerprint density at radius 1 is 0.926 bits per heavy atom. The maximum Gasteiger partial charge on any atom is 0.269 e. The van der Waals surface area contributed by atoms with Gasteiger partial charge in [0.25, 0.3) is 5.91 Å². The predicted molar refractivity (Wildman–Crippen MR) is 101 cm³/mol. The summed E-state index contributed by atoms with van der Waals surface area (Å²) in [6.45, 7) is 2.38. The molecule has 27 heavy (non-hydrogen) atoms. The first-order valence-electron chi connectivity index (χ1n) is 8.54. The zero-order chi connectivity index (χ0) is 19.6. The van der Waals surface area contributed by atoms with Gasteiger partial charge in [-0.3, -0.25) is 20.4 Å². The van der Waals surface area contributed by atoms with Gasteiger partial charge < -0.3 is 14.2 Å². The Kier molecular flexibility index (Phi) is 7.49. The van der Waals surface area contributed by atoms with Crippen LogP contribution in [0, 0.1) is 6.92 Å². The molecule has 2 N–H and O–H groups in total. The van der Waals surface area contributed by atoms with Crippen LogP contribution in [-0.4, -0.2) is 32.6 Å². The quantitative estimate of drug-likeness (QED) is 0.550. The number of amides is 2. The lowest BCUT2D eigenvalue weighted by atomic mass is 10.2. The third-order valence-electron chi connectivity index (χ3n) is 3.86. The van der Waals surface area contributed by atoms with E-state index in [2.05, 4.69) is 10.9 Å². The van der Waals surface area contributed by atoms with Gasteiger partial charge in [0, 0.05) is 12.0 Å². The molecule has 2 rings (SSSR count). The highest BCUT2D eigenvalue weighted by atomic mass is 16.5. The lowest BCUT2D eigenvalue weighted by Crippen LogP contribution is -2.41. The molecule has 0 fully saturated rings. The van der Waals surface area contributed by atoms with Gasteiger partial charge >= 0.3 is 0 Å². The molecule has 0 saturated carbocycles. The molecule has 2 aromatic carbocycles. The molecule has 0 saturated heterocycles. The van der Waals surface area contributed by atoms with Crippen molar-refractivity contribution in [2.24, 2.45) is 0 Å². The van der Waals surface area contributed by atoms with Gasteiger partial charge in [-0.05, 0) is 43.2 Å². The van der Waals surface area contributed by atoms with Crippen LogP contribution >= 0.6 is 0 Å². The summed E-state index contributed by atoms with van der Waals surface area (Å²) in [5, 5.41) is 0. The number of nitrogens with one attached hydrogen (secondary N) is 2. The summed E-state index contributed by atoms with van der Waals surface area (Å²) in [6.07, 6.45) is 0.768. The molecule has 7 nitrogen and oxygen atoms in total. The third-order valence-corrected chi connectivity index (χ3v) is 3.86. The van der Waals surface area contributed by atoms with E-state index in [1.54, 1.807) is 12.1 Å². The van der Waals surface area contributed by atoms with E-state index in [1.165, 1.54) is 20.3 Å². The number of carbonyl (C=O) groups excluding carboxylic acids is 2. The molecular formula is C20H24N2O5. The lowest BCUT2D eigenvalue weighted by molar-refractivity contribution is -0.122. The minimum absolute atomic E-state index is 0.234. The fourth-order valence-electron chi connectivity index (χ4n) is 2.37. The van der Waals surface area contributed by atoms with E-state index in [4.69, 9.17) is 14.2 Å². The van der Waals surface area contributed by atoms with Crippen molar-refractivity contribution in [3.8, 4) is 17.2 Å². The van der Waals surface area contributed by atoms with Gasteiger partial charge in [-0.15, -0.1) is 0 Å². The number of rotatable bonds is 8.